The van der Waals surface area contributed by atoms with E-state index in [0.29, 0.717) is 18.7 Å². The fourth-order valence-electron chi connectivity index (χ4n) is 3.91. The minimum atomic E-state index is -0.184. The monoisotopic (exact) mass is 415 g/mol. The third-order valence-electron chi connectivity index (χ3n) is 5.60. The number of rotatable bonds is 6. The molecule has 0 aliphatic carbocycles. The van der Waals surface area contributed by atoms with Gasteiger partial charge in [-0.25, -0.2) is 4.98 Å². The summed E-state index contributed by atoms with van der Waals surface area (Å²) < 4.78 is 1.83. The summed E-state index contributed by atoms with van der Waals surface area (Å²) in [6, 6.07) is 11.5. The molecule has 1 aliphatic rings. The number of pyridine rings is 1. The van der Waals surface area contributed by atoms with Crippen LogP contribution in [0, 0.1) is 18.3 Å². The first-order valence-corrected chi connectivity index (χ1v) is 10.3. The lowest BCUT2D eigenvalue weighted by atomic mass is 10.1. The molecule has 0 radical (unpaired) electrons. The summed E-state index contributed by atoms with van der Waals surface area (Å²) in [4.78, 5) is 18.9. The predicted octanol–water partition coefficient (Wildman–Crippen LogP) is 3.29. The molecule has 0 fully saturated rings. The average Bonchev–Trinajstić information content (AvgIpc) is 3.21. The van der Waals surface area contributed by atoms with E-state index in [-0.39, 0.29) is 11.9 Å². The zero-order valence-corrected chi connectivity index (χ0v) is 17.9. The average molecular weight is 416 g/mol. The second kappa shape index (κ2) is 8.48. The fourth-order valence-corrected chi connectivity index (χ4v) is 3.91. The summed E-state index contributed by atoms with van der Waals surface area (Å²) in [5.74, 6) is 0.755. The van der Waals surface area contributed by atoms with Crippen molar-refractivity contribution in [2.45, 2.75) is 39.4 Å². The highest BCUT2D eigenvalue weighted by Crippen LogP contribution is 2.35. The lowest BCUT2D eigenvalue weighted by molar-refractivity contribution is -0.117. The number of aromatic nitrogens is 3. The Morgan fingerprint density at radius 1 is 1.32 bits per heavy atom. The Morgan fingerprint density at radius 3 is 2.90 bits per heavy atom. The largest absolute Gasteiger partial charge is 0.366 e. The number of aryl methyl sites for hydroxylation is 1. The fraction of sp³-hybridized carbons (Fsp3) is 0.304. The van der Waals surface area contributed by atoms with Crippen LogP contribution in [-0.4, -0.2) is 33.8 Å². The topological polar surface area (TPSA) is 98.9 Å². The number of carbonyl (C=O) groups is 1. The van der Waals surface area contributed by atoms with Gasteiger partial charge < -0.3 is 15.5 Å². The summed E-state index contributed by atoms with van der Waals surface area (Å²) in [5, 5.41) is 20.0. The molecule has 0 saturated heterocycles. The van der Waals surface area contributed by atoms with Gasteiger partial charge in [0, 0.05) is 31.4 Å². The molecule has 2 N–H and O–H groups in total. The van der Waals surface area contributed by atoms with Crippen LogP contribution in [0.2, 0.25) is 0 Å². The third-order valence-corrected chi connectivity index (χ3v) is 5.60. The molecule has 31 heavy (non-hydrogen) atoms. The number of hydrogen-bond donors (Lipinski definition) is 2. The lowest BCUT2D eigenvalue weighted by Gasteiger charge is -2.35. The van der Waals surface area contributed by atoms with Crippen molar-refractivity contribution in [3.63, 3.8) is 0 Å². The van der Waals surface area contributed by atoms with Crippen LogP contribution in [0.25, 0.3) is 0 Å². The van der Waals surface area contributed by atoms with Crippen molar-refractivity contribution in [3.8, 4) is 6.07 Å². The van der Waals surface area contributed by atoms with E-state index in [1.807, 2.05) is 73.2 Å². The summed E-state index contributed by atoms with van der Waals surface area (Å²) >= 11 is 0. The van der Waals surface area contributed by atoms with E-state index in [2.05, 4.69) is 26.8 Å². The van der Waals surface area contributed by atoms with Crippen LogP contribution in [-0.2, 0) is 17.9 Å². The Hall–Kier alpha value is -3.86. The highest BCUT2D eigenvalue weighted by atomic mass is 16.2. The number of nitrogens with zero attached hydrogens (tertiary/aromatic N) is 5. The molecule has 8 nitrogen and oxygen atoms in total. The van der Waals surface area contributed by atoms with Crippen molar-refractivity contribution in [1.82, 2.24) is 14.8 Å². The first-order valence-electron chi connectivity index (χ1n) is 10.3. The van der Waals surface area contributed by atoms with Crippen LogP contribution >= 0.6 is 0 Å². The normalized spacial score (nSPS) is 15.2. The maximum absolute atomic E-state index is 12.3. The highest BCUT2D eigenvalue weighted by Gasteiger charge is 2.30. The van der Waals surface area contributed by atoms with Gasteiger partial charge in [-0.1, -0.05) is 25.1 Å². The molecule has 1 aromatic carbocycles. The second-order valence-electron chi connectivity index (χ2n) is 7.68. The van der Waals surface area contributed by atoms with Gasteiger partial charge in [0.05, 0.1) is 41.4 Å². The molecule has 0 unspecified atom stereocenters. The zero-order valence-electron chi connectivity index (χ0n) is 17.9. The van der Waals surface area contributed by atoms with E-state index < -0.39 is 0 Å². The minimum Gasteiger partial charge on any atom is -0.366 e. The van der Waals surface area contributed by atoms with Crippen molar-refractivity contribution in [2.75, 3.05) is 22.6 Å². The standard InChI is InChI=1S/C23H25N7O/c1-4-19-23(31)28-22-15(2)27-21(9-20(22)29(19)3)25-11-16-12-26-30(13-16)14-18-8-6-5-7-17(18)10-24/h5-9,12-13,19H,4,11,14H2,1-3H3,(H,25,27)(H,28,31)/t19-/m0/s1. The van der Waals surface area contributed by atoms with Crippen LogP contribution in [0.15, 0.2) is 42.7 Å². The molecule has 158 valence electrons. The summed E-state index contributed by atoms with van der Waals surface area (Å²) in [6.07, 6.45) is 4.51. The summed E-state index contributed by atoms with van der Waals surface area (Å²) in [7, 11) is 1.94. The molecule has 2 aromatic heterocycles. The molecule has 1 amide bonds. The number of nitrogens with one attached hydrogen (secondary N) is 2. The molecule has 1 aliphatic heterocycles. The SMILES string of the molecule is CC[C@H]1C(=O)Nc2c(cc(NCc3cnn(Cc4ccccc4C#N)c3)nc2C)N1C. The van der Waals surface area contributed by atoms with Crippen LogP contribution in [0.5, 0.6) is 0 Å². The van der Waals surface area contributed by atoms with E-state index in [1.165, 1.54) is 0 Å². The molecular weight excluding hydrogens is 390 g/mol. The van der Waals surface area contributed by atoms with Crippen molar-refractivity contribution >= 4 is 23.1 Å². The van der Waals surface area contributed by atoms with Crippen LogP contribution < -0.4 is 15.5 Å². The van der Waals surface area contributed by atoms with Gasteiger partial charge in [-0.05, 0) is 25.0 Å². The van der Waals surface area contributed by atoms with Gasteiger partial charge in [0.25, 0.3) is 0 Å². The van der Waals surface area contributed by atoms with E-state index in [1.54, 1.807) is 0 Å². The van der Waals surface area contributed by atoms with Gasteiger partial charge in [-0.2, -0.15) is 10.4 Å². The van der Waals surface area contributed by atoms with Crippen molar-refractivity contribution in [1.29, 1.82) is 5.26 Å². The van der Waals surface area contributed by atoms with Crippen LogP contribution in [0.1, 0.15) is 35.7 Å². The Morgan fingerprint density at radius 2 is 2.13 bits per heavy atom. The quantitative estimate of drug-likeness (QED) is 0.641. The van der Waals surface area contributed by atoms with Crippen molar-refractivity contribution in [2.24, 2.45) is 0 Å². The number of amides is 1. The van der Waals surface area contributed by atoms with Gasteiger partial charge >= 0.3 is 0 Å². The minimum absolute atomic E-state index is 0.00787. The highest BCUT2D eigenvalue weighted by molar-refractivity contribution is 6.04. The first kappa shape index (κ1) is 20.4. The maximum Gasteiger partial charge on any atom is 0.247 e. The number of hydrogen-bond acceptors (Lipinski definition) is 6. The Balaban J connectivity index is 1.47. The molecule has 4 rings (SSSR count). The molecule has 8 heteroatoms. The van der Waals surface area contributed by atoms with Crippen LogP contribution in [0.3, 0.4) is 0 Å². The summed E-state index contributed by atoms with van der Waals surface area (Å²) in [6.45, 7) is 5.02. The smallest absolute Gasteiger partial charge is 0.247 e. The first-order chi connectivity index (χ1) is 15.0. The molecule has 1 atom stereocenters. The number of carbonyl (C=O) groups excluding carboxylic acids is 1. The second-order valence-corrected chi connectivity index (χ2v) is 7.68. The Bertz CT molecular complexity index is 1160. The molecule has 3 aromatic rings. The van der Waals surface area contributed by atoms with Gasteiger partial charge in [-0.3, -0.25) is 9.48 Å². The number of nitriles is 1. The van der Waals surface area contributed by atoms with Gasteiger partial charge in [0.1, 0.15) is 11.9 Å². The number of likely N-dealkylation sites (N-methyl/N-ethyl adjacent to an activating group) is 1. The Kier molecular flexibility index (Phi) is 5.58. The molecule has 0 spiro atoms. The third kappa shape index (κ3) is 4.08. The maximum atomic E-state index is 12.3. The van der Waals surface area contributed by atoms with Gasteiger partial charge in [0.2, 0.25) is 5.91 Å². The summed E-state index contributed by atoms with van der Waals surface area (Å²) in [5.41, 5.74) is 5.12. The van der Waals surface area contributed by atoms with E-state index in [0.717, 1.165) is 40.4 Å². The van der Waals surface area contributed by atoms with Crippen molar-refractivity contribution in [3.05, 3.63) is 65.1 Å². The molecule has 3 heterocycles. The molecule has 0 saturated carbocycles. The zero-order chi connectivity index (χ0) is 22.0. The van der Waals surface area contributed by atoms with Crippen molar-refractivity contribution < 1.29 is 4.79 Å². The van der Waals surface area contributed by atoms with Crippen LogP contribution in [0.4, 0.5) is 17.2 Å². The van der Waals surface area contributed by atoms with E-state index in [9.17, 15) is 10.1 Å². The number of anilines is 3. The lowest BCUT2D eigenvalue weighted by Crippen LogP contribution is -2.45. The van der Waals surface area contributed by atoms with E-state index >= 15 is 0 Å². The number of fused-ring (bicyclic) bond motifs is 1. The molecule has 0 bridgehead atoms. The predicted molar refractivity (Wildman–Crippen MR) is 120 cm³/mol. The molecular formula is C23H25N7O. The van der Waals surface area contributed by atoms with Gasteiger partial charge in [-0.15, -0.1) is 0 Å². The Labute approximate surface area is 181 Å². The van der Waals surface area contributed by atoms with E-state index in [4.69, 9.17) is 0 Å². The van der Waals surface area contributed by atoms with Gasteiger partial charge in [0.15, 0.2) is 0 Å². The number of benzene rings is 1.